The summed E-state index contributed by atoms with van der Waals surface area (Å²) in [6.45, 7) is 2.56. The highest BCUT2D eigenvalue weighted by atomic mass is 19.1. The Balaban J connectivity index is 2.34. The molecule has 1 aromatic rings. The van der Waals surface area contributed by atoms with Gasteiger partial charge >= 0.3 is 0 Å². The third-order valence-electron chi connectivity index (χ3n) is 2.66. The van der Waals surface area contributed by atoms with Crippen LogP contribution in [0.2, 0.25) is 0 Å². The number of aromatic nitrogens is 1. The SMILES string of the molecule is CN(C)CCN(C)CCC(=O)c1ccc(F)cn1. The summed E-state index contributed by atoms with van der Waals surface area (Å²) in [5.74, 6) is -0.471. The van der Waals surface area contributed by atoms with Crippen molar-refractivity contribution in [1.82, 2.24) is 14.8 Å². The largest absolute Gasteiger partial charge is 0.308 e. The van der Waals surface area contributed by atoms with Crippen molar-refractivity contribution in [2.45, 2.75) is 6.42 Å². The van der Waals surface area contributed by atoms with Crippen molar-refractivity contribution in [3.8, 4) is 0 Å². The molecule has 0 atom stereocenters. The summed E-state index contributed by atoms with van der Waals surface area (Å²) in [5.41, 5.74) is 0.331. The maximum atomic E-state index is 12.7. The fourth-order valence-electron chi connectivity index (χ4n) is 1.44. The molecule has 0 bridgehead atoms. The lowest BCUT2D eigenvalue weighted by molar-refractivity contribution is 0.0963. The van der Waals surface area contributed by atoms with Crippen molar-refractivity contribution in [3.05, 3.63) is 29.8 Å². The van der Waals surface area contributed by atoms with Crippen LogP contribution >= 0.6 is 0 Å². The average Bonchev–Trinajstić information content (AvgIpc) is 2.34. The molecule has 5 heteroatoms. The van der Waals surface area contributed by atoms with Gasteiger partial charge in [-0.2, -0.15) is 0 Å². The van der Waals surface area contributed by atoms with Crippen molar-refractivity contribution in [2.24, 2.45) is 0 Å². The van der Waals surface area contributed by atoms with E-state index in [4.69, 9.17) is 0 Å². The minimum Gasteiger partial charge on any atom is -0.308 e. The van der Waals surface area contributed by atoms with Crippen LogP contribution < -0.4 is 0 Å². The second kappa shape index (κ2) is 7.18. The second-order valence-electron chi connectivity index (χ2n) is 4.64. The number of hydrogen-bond donors (Lipinski definition) is 0. The van der Waals surface area contributed by atoms with Crippen LogP contribution in [0.4, 0.5) is 4.39 Å². The van der Waals surface area contributed by atoms with E-state index < -0.39 is 5.82 Å². The van der Waals surface area contributed by atoms with Gasteiger partial charge in [0.25, 0.3) is 0 Å². The zero-order chi connectivity index (χ0) is 13.5. The van der Waals surface area contributed by atoms with Gasteiger partial charge in [-0.25, -0.2) is 4.39 Å². The number of likely N-dealkylation sites (N-methyl/N-ethyl adjacent to an activating group) is 2. The van der Waals surface area contributed by atoms with Gasteiger partial charge in [-0.3, -0.25) is 9.78 Å². The standard InChI is InChI=1S/C13H20FN3O/c1-16(2)8-9-17(3)7-6-13(18)12-5-4-11(14)10-15-12/h4-5,10H,6-9H2,1-3H3. The van der Waals surface area contributed by atoms with E-state index in [2.05, 4.69) is 14.8 Å². The molecule has 100 valence electrons. The minimum atomic E-state index is -0.422. The molecule has 0 aliphatic heterocycles. The Bertz CT molecular complexity index is 378. The lowest BCUT2D eigenvalue weighted by Crippen LogP contribution is -2.30. The number of halogens is 1. The molecule has 0 saturated heterocycles. The molecule has 0 spiro atoms. The molecule has 1 rings (SSSR count). The summed E-state index contributed by atoms with van der Waals surface area (Å²) in [7, 11) is 6.01. The molecule has 0 N–H and O–H groups in total. The van der Waals surface area contributed by atoms with Crippen LogP contribution in [0.25, 0.3) is 0 Å². The molecule has 0 radical (unpaired) electrons. The summed E-state index contributed by atoms with van der Waals surface area (Å²) in [6, 6.07) is 2.69. The molecule has 0 aliphatic carbocycles. The van der Waals surface area contributed by atoms with Gasteiger partial charge in [-0.05, 0) is 33.3 Å². The van der Waals surface area contributed by atoms with Crippen molar-refractivity contribution in [2.75, 3.05) is 40.8 Å². The quantitative estimate of drug-likeness (QED) is 0.686. The number of hydrogen-bond acceptors (Lipinski definition) is 4. The second-order valence-corrected chi connectivity index (χ2v) is 4.64. The maximum Gasteiger partial charge on any atom is 0.182 e. The van der Waals surface area contributed by atoms with E-state index in [9.17, 15) is 9.18 Å². The molecular weight excluding hydrogens is 233 g/mol. The summed E-state index contributed by atoms with van der Waals surface area (Å²) < 4.78 is 12.7. The van der Waals surface area contributed by atoms with Crippen LogP contribution in [-0.4, -0.2) is 61.3 Å². The Kier molecular flexibility index (Phi) is 5.88. The van der Waals surface area contributed by atoms with E-state index in [1.54, 1.807) is 0 Å². The fourth-order valence-corrected chi connectivity index (χ4v) is 1.44. The lowest BCUT2D eigenvalue weighted by Gasteiger charge is -2.18. The van der Waals surface area contributed by atoms with Gasteiger partial charge < -0.3 is 9.80 Å². The van der Waals surface area contributed by atoms with Crippen molar-refractivity contribution in [3.63, 3.8) is 0 Å². The van der Waals surface area contributed by atoms with Gasteiger partial charge in [0, 0.05) is 26.1 Å². The summed E-state index contributed by atoms with van der Waals surface area (Å²) in [6.07, 6.45) is 1.48. The Morgan fingerprint density at radius 1 is 1.22 bits per heavy atom. The first kappa shape index (κ1) is 14.7. The monoisotopic (exact) mass is 253 g/mol. The predicted octanol–water partition coefficient (Wildman–Crippen LogP) is 1.29. The number of ketones is 1. The number of pyridine rings is 1. The molecule has 0 aromatic carbocycles. The van der Waals surface area contributed by atoms with Crippen molar-refractivity contribution in [1.29, 1.82) is 0 Å². The fraction of sp³-hybridized carbons (Fsp3) is 0.538. The number of carbonyl (C=O) groups excluding carboxylic acids is 1. The zero-order valence-corrected chi connectivity index (χ0v) is 11.2. The zero-order valence-electron chi connectivity index (χ0n) is 11.2. The molecule has 0 amide bonds. The first-order chi connectivity index (χ1) is 8.49. The van der Waals surface area contributed by atoms with E-state index in [0.29, 0.717) is 18.7 Å². The molecule has 1 aromatic heterocycles. The van der Waals surface area contributed by atoms with E-state index in [1.165, 1.54) is 12.1 Å². The highest BCUT2D eigenvalue weighted by Gasteiger charge is 2.09. The molecule has 4 nitrogen and oxygen atoms in total. The van der Waals surface area contributed by atoms with Crippen LogP contribution in [0.15, 0.2) is 18.3 Å². The average molecular weight is 253 g/mol. The summed E-state index contributed by atoms with van der Waals surface area (Å²) in [4.78, 5) is 19.8. The summed E-state index contributed by atoms with van der Waals surface area (Å²) in [5, 5.41) is 0. The number of Topliss-reactive ketones (excluding diaryl/α,β-unsaturated/α-hetero) is 1. The topological polar surface area (TPSA) is 36.4 Å². The smallest absolute Gasteiger partial charge is 0.182 e. The minimum absolute atomic E-state index is 0.0493. The van der Waals surface area contributed by atoms with Gasteiger partial charge in [0.15, 0.2) is 5.78 Å². The number of rotatable bonds is 7. The molecule has 18 heavy (non-hydrogen) atoms. The van der Waals surface area contributed by atoms with Crippen LogP contribution in [0.1, 0.15) is 16.9 Å². The van der Waals surface area contributed by atoms with Crippen LogP contribution in [-0.2, 0) is 0 Å². The van der Waals surface area contributed by atoms with Crippen molar-refractivity contribution < 1.29 is 9.18 Å². The molecule has 1 heterocycles. The van der Waals surface area contributed by atoms with Gasteiger partial charge in [0.1, 0.15) is 11.5 Å². The number of carbonyl (C=O) groups is 1. The van der Waals surface area contributed by atoms with Crippen molar-refractivity contribution >= 4 is 5.78 Å². The third kappa shape index (κ3) is 5.33. The van der Waals surface area contributed by atoms with Gasteiger partial charge in [-0.15, -0.1) is 0 Å². The van der Waals surface area contributed by atoms with Crippen LogP contribution in [0, 0.1) is 5.82 Å². The Morgan fingerprint density at radius 2 is 1.94 bits per heavy atom. The van der Waals surface area contributed by atoms with Gasteiger partial charge in [0.2, 0.25) is 0 Å². The Hall–Kier alpha value is -1.33. The molecular formula is C13H20FN3O. The van der Waals surface area contributed by atoms with Crippen LogP contribution in [0.3, 0.4) is 0 Å². The first-order valence-corrected chi connectivity index (χ1v) is 5.97. The van der Waals surface area contributed by atoms with E-state index in [1.807, 2.05) is 21.1 Å². The molecule has 0 aliphatic rings. The molecule has 0 saturated carbocycles. The molecule has 0 unspecified atom stereocenters. The Morgan fingerprint density at radius 3 is 2.50 bits per heavy atom. The first-order valence-electron chi connectivity index (χ1n) is 5.97. The van der Waals surface area contributed by atoms with E-state index in [-0.39, 0.29) is 5.78 Å². The van der Waals surface area contributed by atoms with Crippen LogP contribution in [0.5, 0.6) is 0 Å². The van der Waals surface area contributed by atoms with Gasteiger partial charge in [-0.1, -0.05) is 0 Å². The lowest BCUT2D eigenvalue weighted by atomic mass is 10.2. The highest BCUT2D eigenvalue weighted by Crippen LogP contribution is 2.02. The Labute approximate surface area is 107 Å². The highest BCUT2D eigenvalue weighted by molar-refractivity contribution is 5.94. The predicted molar refractivity (Wildman–Crippen MR) is 69.2 cm³/mol. The molecule has 0 fully saturated rings. The maximum absolute atomic E-state index is 12.7. The number of nitrogens with zero attached hydrogens (tertiary/aromatic N) is 3. The van der Waals surface area contributed by atoms with E-state index in [0.717, 1.165) is 19.3 Å². The van der Waals surface area contributed by atoms with Gasteiger partial charge in [0.05, 0.1) is 6.20 Å². The van der Waals surface area contributed by atoms with E-state index >= 15 is 0 Å². The summed E-state index contributed by atoms with van der Waals surface area (Å²) >= 11 is 0. The normalized spacial score (nSPS) is 11.2. The third-order valence-corrected chi connectivity index (χ3v) is 2.66.